The van der Waals surface area contributed by atoms with Gasteiger partial charge in [-0.05, 0) is 20.8 Å². The summed E-state index contributed by atoms with van der Waals surface area (Å²) < 4.78 is 9.98. The van der Waals surface area contributed by atoms with Gasteiger partial charge in [0.05, 0.1) is 19.9 Å². The lowest BCUT2D eigenvalue weighted by atomic mass is 10.1. The zero-order chi connectivity index (χ0) is 13.7. The largest absolute Gasteiger partial charge is 0.496 e. The molecule has 0 saturated heterocycles. The molecule has 100 valence electrons. The maximum Gasteiger partial charge on any atom is 0.322 e. The Bertz CT molecular complexity index is 432. The second kappa shape index (κ2) is 6.35. The van der Waals surface area contributed by atoms with E-state index in [0.29, 0.717) is 6.54 Å². The zero-order valence-electron chi connectivity index (χ0n) is 11.5. The van der Waals surface area contributed by atoms with Crippen LogP contribution in [0.1, 0.15) is 23.7 Å². The number of nitrogens with one attached hydrogen (secondary N) is 1. The van der Waals surface area contributed by atoms with Crippen LogP contribution in [0.3, 0.4) is 0 Å². The normalized spacial score (nSPS) is 12.1. The van der Waals surface area contributed by atoms with Gasteiger partial charge in [-0.2, -0.15) is 0 Å². The number of pyridine rings is 1. The predicted octanol–water partition coefficient (Wildman–Crippen LogP) is 1.36. The first-order chi connectivity index (χ1) is 8.51. The highest BCUT2D eigenvalue weighted by Crippen LogP contribution is 2.23. The molecule has 1 aromatic rings. The number of carbonyl (C=O) groups excluding carboxylic acids is 1. The molecule has 1 N–H and O–H groups in total. The summed E-state index contributed by atoms with van der Waals surface area (Å²) in [7, 11) is 3.02. The number of aromatic nitrogens is 1. The van der Waals surface area contributed by atoms with Crippen LogP contribution in [0.15, 0.2) is 6.20 Å². The number of esters is 1. The molecule has 0 aliphatic rings. The molecule has 5 heteroatoms. The average molecular weight is 252 g/mol. The van der Waals surface area contributed by atoms with Crippen LogP contribution in [-0.4, -0.2) is 31.2 Å². The van der Waals surface area contributed by atoms with Gasteiger partial charge in [-0.1, -0.05) is 0 Å². The smallest absolute Gasteiger partial charge is 0.322 e. The molecule has 0 bridgehead atoms. The quantitative estimate of drug-likeness (QED) is 0.802. The van der Waals surface area contributed by atoms with Gasteiger partial charge in [-0.25, -0.2) is 0 Å². The minimum Gasteiger partial charge on any atom is -0.496 e. The van der Waals surface area contributed by atoms with Crippen molar-refractivity contribution in [1.82, 2.24) is 10.3 Å². The van der Waals surface area contributed by atoms with Gasteiger partial charge < -0.3 is 9.47 Å². The lowest BCUT2D eigenvalue weighted by Gasteiger charge is -2.15. The third kappa shape index (κ3) is 3.20. The van der Waals surface area contributed by atoms with Crippen LogP contribution in [0.4, 0.5) is 0 Å². The first-order valence-electron chi connectivity index (χ1n) is 5.81. The molecule has 18 heavy (non-hydrogen) atoms. The monoisotopic (exact) mass is 252 g/mol. The Morgan fingerprint density at radius 2 is 2.11 bits per heavy atom. The molecule has 1 atom stereocenters. The van der Waals surface area contributed by atoms with E-state index < -0.39 is 0 Å². The third-order valence-electron chi connectivity index (χ3n) is 2.88. The second-order valence-electron chi connectivity index (χ2n) is 4.17. The first-order valence-corrected chi connectivity index (χ1v) is 5.81. The minimum absolute atomic E-state index is 0.285. The van der Waals surface area contributed by atoms with Crippen molar-refractivity contribution in [3.05, 3.63) is 23.0 Å². The van der Waals surface area contributed by atoms with Gasteiger partial charge in [0.15, 0.2) is 0 Å². The molecular formula is C13H20N2O3. The molecule has 1 rings (SSSR count). The van der Waals surface area contributed by atoms with Gasteiger partial charge >= 0.3 is 5.97 Å². The summed E-state index contributed by atoms with van der Waals surface area (Å²) in [5.74, 6) is 0.555. The molecule has 0 amide bonds. The van der Waals surface area contributed by atoms with Crippen LogP contribution in [0.5, 0.6) is 5.75 Å². The van der Waals surface area contributed by atoms with Crippen molar-refractivity contribution >= 4 is 5.97 Å². The van der Waals surface area contributed by atoms with E-state index in [1.807, 2.05) is 13.8 Å². The molecule has 1 aromatic heterocycles. The van der Waals surface area contributed by atoms with E-state index in [1.54, 1.807) is 20.2 Å². The molecule has 0 fully saturated rings. The van der Waals surface area contributed by atoms with Crippen LogP contribution in [0, 0.1) is 13.8 Å². The summed E-state index contributed by atoms with van der Waals surface area (Å²) in [4.78, 5) is 15.6. The average Bonchev–Trinajstić information content (AvgIpc) is 2.37. The Hall–Kier alpha value is -1.62. The Morgan fingerprint density at radius 1 is 1.44 bits per heavy atom. The molecule has 5 nitrogen and oxygen atoms in total. The number of rotatable bonds is 5. The fraction of sp³-hybridized carbons (Fsp3) is 0.538. The van der Waals surface area contributed by atoms with Crippen LogP contribution >= 0.6 is 0 Å². The van der Waals surface area contributed by atoms with Crippen molar-refractivity contribution in [2.45, 2.75) is 33.4 Å². The van der Waals surface area contributed by atoms with Crippen LogP contribution in [0.25, 0.3) is 0 Å². The third-order valence-corrected chi connectivity index (χ3v) is 2.88. The molecule has 0 aromatic carbocycles. The van der Waals surface area contributed by atoms with Crippen molar-refractivity contribution in [3.8, 4) is 5.75 Å². The molecule has 0 aliphatic carbocycles. The van der Waals surface area contributed by atoms with Crippen molar-refractivity contribution in [2.24, 2.45) is 0 Å². The van der Waals surface area contributed by atoms with Gasteiger partial charge in [0, 0.05) is 23.9 Å². The Balaban J connectivity index is 2.77. The highest BCUT2D eigenvalue weighted by Gasteiger charge is 2.14. The number of hydrogen-bond acceptors (Lipinski definition) is 5. The van der Waals surface area contributed by atoms with E-state index in [1.165, 1.54) is 7.11 Å². The van der Waals surface area contributed by atoms with Gasteiger partial charge in [0.2, 0.25) is 0 Å². The van der Waals surface area contributed by atoms with E-state index in [4.69, 9.17) is 4.74 Å². The maximum atomic E-state index is 11.3. The van der Waals surface area contributed by atoms with E-state index in [2.05, 4.69) is 15.0 Å². The van der Waals surface area contributed by atoms with Crippen molar-refractivity contribution in [2.75, 3.05) is 14.2 Å². The Kier molecular flexibility index (Phi) is 5.09. The number of aryl methyl sites for hydroxylation is 1. The summed E-state index contributed by atoms with van der Waals surface area (Å²) >= 11 is 0. The molecule has 0 saturated carbocycles. The van der Waals surface area contributed by atoms with E-state index >= 15 is 0 Å². The number of ether oxygens (including phenoxy) is 2. The number of hydrogen-bond donors (Lipinski definition) is 1. The number of methoxy groups -OCH3 is 2. The topological polar surface area (TPSA) is 60.5 Å². The SMILES string of the molecule is COC(=O)C(C)NCc1ncc(C)c(OC)c1C. The number of carbonyl (C=O) groups is 1. The predicted molar refractivity (Wildman–Crippen MR) is 68.6 cm³/mol. The van der Waals surface area contributed by atoms with Crippen LogP contribution in [0.2, 0.25) is 0 Å². The molecule has 0 spiro atoms. The maximum absolute atomic E-state index is 11.3. The number of nitrogens with zero attached hydrogens (tertiary/aromatic N) is 1. The summed E-state index contributed by atoms with van der Waals surface area (Å²) in [6.07, 6.45) is 1.77. The lowest BCUT2D eigenvalue weighted by molar-refractivity contribution is -0.142. The van der Waals surface area contributed by atoms with Crippen molar-refractivity contribution in [1.29, 1.82) is 0 Å². The Morgan fingerprint density at radius 3 is 2.67 bits per heavy atom. The van der Waals surface area contributed by atoms with E-state index in [-0.39, 0.29) is 12.0 Å². The molecule has 0 radical (unpaired) electrons. The fourth-order valence-corrected chi connectivity index (χ4v) is 1.76. The molecule has 0 aliphatic heterocycles. The Labute approximate surface area is 108 Å². The fourth-order valence-electron chi connectivity index (χ4n) is 1.76. The van der Waals surface area contributed by atoms with Gasteiger partial charge in [-0.15, -0.1) is 0 Å². The molecule has 1 heterocycles. The highest BCUT2D eigenvalue weighted by atomic mass is 16.5. The van der Waals surface area contributed by atoms with Crippen LogP contribution in [-0.2, 0) is 16.1 Å². The summed E-state index contributed by atoms with van der Waals surface area (Å²) in [6, 6.07) is -0.358. The van der Waals surface area contributed by atoms with Gasteiger partial charge in [0.1, 0.15) is 11.8 Å². The molecule has 1 unspecified atom stereocenters. The first kappa shape index (κ1) is 14.4. The lowest BCUT2D eigenvalue weighted by Crippen LogP contribution is -2.34. The second-order valence-corrected chi connectivity index (χ2v) is 4.17. The van der Waals surface area contributed by atoms with Crippen molar-refractivity contribution < 1.29 is 14.3 Å². The van der Waals surface area contributed by atoms with E-state index in [0.717, 1.165) is 22.6 Å². The van der Waals surface area contributed by atoms with Crippen LogP contribution < -0.4 is 10.1 Å². The highest BCUT2D eigenvalue weighted by molar-refractivity contribution is 5.75. The summed E-state index contributed by atoms with van der Waals surface area (Å²) in [5, 5.41) is 3.07. The molecular weight excluding hydrogens is 232 g/mol. The van der Waals surface area contributed by atoms with Gasteiger partial charge in [0.25, 0.3) is 0 Å². The van der Waals surface area contributed by atoms with Crippen molar-refractivity contribution in [3.63, 3.8) is 0 Å². The van der Waals surface area contributed by atoms with Gasteiger partial charge in [-0.3, -0.25) is 15.1 Å². The summed E-state index contributed by atoms with van der Waals surface area (Å²) in [6.45, 7) is 6.16. The summed E-state index contributed by atoms with van der Waals surface area (Å²) in [5.41, 5.74) is 2.86. The standard InChI is InChI=1S/C13H20N2O3/c1-8-6-15-11(9(2)12(8)17-4)7-14-10(3)13(16)18-5/h6,10,14H,7H2,1-5H3. The zero-order valence-corrected chi connectivity index (χ0v) is 11.5. The minimum atomic E-state index is -0.358. The van der Waals surface area contributed by atoms with E-state index in [9.17, 15) is 4.79 Å².